The lowest BCUT2D eigenvalue weighted by Crippen LogP contribution is -2.50. The van der Waals surface area contributed by atoms with E-state index in [0.717, 1.165) is 26.1 Å². The molecule has 1 aliphatic rings. The maximum Gasteiger partial charge on any atom is 0.313 e. The molecule has 86 valence electrons. The largest absolute Gasteiger partial charge is 0.466 e. The van der Waals surface area contributed by atoms with Gasteiger partial charge in [0.2, 0.25) is 0 Å². The van der Waals surface area contributed by atoms with E-state index >= 15 is 0 Å². The summed E-state index contributed by atoms with van der Waals surface area (Å²) in [7, 11) is 0. The molecule has 0 aliphatic carbocycles. The van der Waals surface area contributed by atoms with Gasteiger partial charge < -0.3 is 9.64 Å². The van der Waals surface area contributed by atoms with E-state index < -0.39 is 5.97 Å². The summed E-state index contributed by atoms with van der Waals surface area (Å²) < 4.78 is 4.73. The van der Waals surface area contributed by atoms with E-state index in [1.807, 2.05) is 0 Å². The zero-order valence-corrected chi connectivity index (χ0v) is 9.49. The van der Waals surface area contributed by atoms with Crippen LogP contribution in [-0.2, 0) is 14.3 Å². The van der Waals surface area contributed by atoms with Gasteiger partial charge in [-0.25, -0.2) is 0 Å². The fraction of sp³-hybridized carbons (Fsp3) is 0.818. The molecule has 1 fully saturated rings. The average Bonchev–Trinajstić information content (AvgIpc) is 2.10. The number of Topliss-reactive ketones (excluding diaryl/α,β-unsaturated/α-hetero) is 1. The van der Waals surface area contributed by atoms with Crippen LogP contribution in [0.1, 0.15) is 26.7 Å². The van der Waals surface area contributed by atoms with Crippen molar-refractivity contribution in [3.05, 3.63) is 0 Å². The minimum Gasteiger partial charge on any atom is -0.466 e. The van der Waals surface area contributed by atoms with Crippen molar-refractivity contribution in [1.29, 1.82) is 0 Å². The fourth-order valence-corrected chi connectivity index (χ4v) is 1.77. The van der Waals surface area contributed by atoms with Gasteiger partial charge in [0, 0.05) is 19.0 Å². The first kappa shape index (κ1) is 12.2. The lowest BCUT2D eigenvalue weighted by molar-refractivity contribution is -0.147. The zero-order valence-electron chi connectivity index (χ0n) is 9.49. The fourth-order valence-electron chi connectivity index (χ4n) is 1.77. The van der Waals surface area contributed by atoms with Crippen LogP contribution in [0.2, 0.25) is 0 Å². The Morgan fingerprint density at radius 3 is 2.53 bits per heavy atom. The van der Waals surface area contributed by atoms with Gasteiger partial charge in [-0.1, -0.05) is 6.92 Å². The van der Waals surface area contributed by atoms with E-state index in [9.17, 15) is 9.59 Å². The molecule has 0 aromatic carbocycles. The van der Waals surface area contributed by atoms with Crippen LogP contribution in [0.3, 0.4) is 0 Å². The van der Waals surface area contributed by atoms with Gasteiger partial charge in [-0.3, -0.25) is 9.59 Å². The van der Waals surface area contributed by atoms with Crippen molar-refractivity contribution >= 4 is 11.8 Å². The van der Waals surface area contributed by atoms with Crippen LogP contribution in [0.4, 0.5) is 0 Å². The van der Waals surface area contributed by atoms with Crippen LogP contribution < -0.4 is 0 Å². The second-order valence-corrected chi connectivity index (χ2v) is 3.90. The Morgan fingerprint density at radius 2 is 2.00 bits per heavy atom. The summed E-state index contributed by atoms with van der Waals surface area (Å²) in [4.78, 5) is 24.8. The van der Waals surface area contributed by atoms with Crippen LogP contribution in [0.25, 0.3) is 0 Å². The van der Waals surface area contributed by atoms with E-state index in [-0.39, 0.29) is 18.1 Å². The predicted molar refractivity (Wildman–Crippen MR) is 56.5 cm³/mol. The Labute approximate surface area is 90.6 Å². The van der Waals surface area contributed by atoms with Crippen LogP contribution in [-0.4, -0.2) is 42.9 Å². The maximum atomic E-state index is 11.5. The number of esters is 1. The highest BCUT2D eigenvalue weighted by Gasteiger charge is 2.32. The number of likely N-dealkylation sites (tertiary alicyclic amines) is 1. The molecule has 1 heterocycles. The standard InChI is InChI=1S/C11H19NO3/c1-3-5-12-7-9(8-12)10(13)6-11(14)15-4-2/h9H,3-8H2,1-2H3. The van der Waals surface area contributed by atoms with Crippen molar-refractivity contribution < 1.29 is 14.3 Å². The Bertz CT molecular complexity index is 234. The highest BCUT2D eigenvalue weighted by Crippen LogP contribution is 2.17. The summed E-state index contributed by atoms with van der Waals surface area (Å²) in [5.74, 6) is -0.307. The summed E-state index contributed by atoms with van der Waals surface area (Å²) in [6, 6.07) is 0. The van der Waals surface area contributed by atoms with Gasteiger partial charge in [-0.05, 0) is 19.9 Å². The number of carbonyl (C=O) groups is 2. The molecular weight excluding hydrogens is 194 g/mol. The highest BCUT2D eigenvalue weighted by atomic mass is 16.5. The third-order valence-electron chi connectivity index (χ3n) is 2.58. The lowest BCUT2D eigenvalue weighted by Gasteiger charge is -2.37. The second kappa shape index (κ2) is 5.85. The van der Waals surface area contributed by atoms with Gasteiger partial charge in [-0.2, -0.15) is 0 Å². The second-order valence-electron chi connectivity index (χ2n) is 3.90. The normalized spacial score (nSPS) is 17.2. The molecule has 15 heavy (non-hydrogen) atoms. The topological polar surface area (TPSA) is 46.6 Å². The van der Waals surface area contributed by atoms with Crippen molar-refractivity contribution in [2.24, 2.45) is 5.92 Å². The molecule has 0 radical (unpaired) electrons. The smallest absolute Gasteiger partial charge is 0.313 e. The monoisotopic (exact) mass is 213 g/mol. The van der Waals surface area contributed by atoms with E-state index in [2.05, 4.69) is 11.8 Å². The predicted octanol–water partition coefficient (Wildman–Crippen LogP) is 0.850. The molecule has 4 heteroatoms. The first-order valence-electron chi connectivity index (χ1n) is 5.58. The molecule has 4 nitrogen and oxygen atoms in total. The average molecular weight is 213 g/mol. The molecule has 0 unspecified atom stereocenters. The molecule has 0 bridgehead atoms. The molecule has 0 N–H and O–H groups in total. The molecule has 0 aromatic rings. The SMILES string of the molecule is CCCN1CC(C(=O)CC(=O)OCC)C1. The number of carbonyl (C=O) groups excluding carboxylic acids is 2. The third kappa shape index (κ3) is 3.63. The van der Waals surface area contributed by atoms with Gasteiger partial charge in [0.15, 0.2) is 0 Å². The van der Waals surface area contributed by atoms with Gasteiger partial charge >= 0.3 is 5.97 Å². The zero-order chi connectivity index (χ0) is 11.3. The van der Waals surface area contributed by atoms with Crippen molar-refractivity contribution in [1.82, 2.24) is 4.90 Å². The van der Waals surface area contributed by atoms with Crippen LogP contribution >= 0.6 is 0 Å². The van der Waals surface area contributed by atoms with Crippen molar-refractivity contribution in [2.75, 3.05) is 26.2 Å². The number of ether oxygens (including phenoxy) is 1. The Morgan fingerprint density at radius 1 is 1.33 bits per heavy atom. The summed E-state index contributed by atoms with van der Waals surface area (Å²) in [6.07, 6.45) is 1.05. The van der Waals surface area contributed by atoms with Gasteiger partial charge in [-0.15, -0.1) is 0 Å². The number of nitrogens with zero attached hydrogens (tertiary/aromatic N) is 1. The highest BCUT2D eigenvalue weighted by molar-refractivity contribution is 5.97. The Balaban J connectivity index is 2.17. The van der Waals surface area contributed by atoms with E-state index in [1.54, 1.807) is 6.92 Å². The molecule has 0 spiro atoms. The van der Waals surface area contributed by atoms with Crippen molar-refractivity contribution in [3.63, 3.8) is 0 Å². The molecule has 1 aliphatic heterocycles. The number of ketones is 1. The molecule has 0 aromatic heterocycles. The van der Waals surface area contributed by atoms with E-state index in [4.69, 9.17) is 4.74 Å². The van der Waals surface area contributed by atoms with Crippen LogP contribution in [0.15, 0.2) is 0 Å². The molecule has 0 atom stereocenters. The lowest BCUT2D eigenvalue weighted by atomic mass is 9.93. The molecule has 0 amide bonds. The number of rotatable bonds is 6. The van der Waals surface area contributed by atoms with E-state index in [0.29, 0.717) is 6.61 Å². The first-order chi connectivity index (χ1) is 7.17. The van der Waals surface area contributed by atoms with Crippen molar-refractivity contribution in [3.8, 4) is 0 Å². The Kier molecular flexibility index (Phi) is 4.75. The Hall–Kier alpha value is -0.900. The molecule has 1 saturated heterocycles. The molecular formula is C11H19NO3. The van der Waals surface area contributed by atoms with E-state index in [1.165, 1.54) is 0 Å². The number of hydrogen-bond donors (Lipinski definition) is 0. The molecule has 0 saturated carbocycles. The van der Waals surface area contributed by atoms with Gasteiger partial charge in [0.05, 0.1) is 6.61 Å². The van der Waals surface area contributed by atoms with Crippen LogP contribution in [0.5, 0.6) is 0 Å². The summed E-state index contributed by atoms with van der Waals surface area (Å²) in [5, 5.41) is 0. The van der Waals surface area contributed by atoms with Crippen LogP contribution in [0, 0.1) is 5.92 Å². The first-order valence-corrected chi connectivity index (χ1v) is 5.58. The quantitative estimate of drug-likeness (QED) is 0.485. The minimum atomic E-state index is -0.392. The molecule has 1 rings (SSSR count). The summed E-state index contributed by atoms with van der Waals surface area (Å²) in [5.41, 5.74) is 0. The summed E-state index contributed by atoms with van der Waals surface area (Å²) in [6.45, 7) is 6.88. The summed E-state index contributed by atoms with van der Waals surface area (Å²) >= 11 is 0. The minimum absolute atomic E-state index is 0.0285. The van der Waals surface area contributed by atoms with Gasteiger partial charge in [0.25, 0.3) is 0 Å². The maximum absolute atomic E-state index is 11.5. The third-order valence-corrected chi connectivity index (χ3v) is 2.58. The van der Waals surface area contributed by atoms with Crippen molar-refractivity contribution in [2.45, 2.75) is 26.7 Å². The number of hydrogen-bond acceptors (Lipinski definition) is 4. The van der Waals surface area contributed by atoms with Gasteiger partial charge in [0.1, 0.15) is 12.2 Å².